The fraction of sp³-hybridized carbons (Fsp3) is 0.200. The van der Waals surface area contributed by atoms with Crippen LogP contribution < -0.4 is 10.5 Å². The van der Waals surface area contributed by atoms with Crippen LogP contribution in [0.15, 0.2) is 48.5 Å². The van der Waals surface area contributed by atoms with Crippen molar-refractivity contribution in [3.8, 4) is 11.5 Å². The highest BCUT2D eigenvalue weighted by molar-refractivity contribution is 6.32. The average molecular weight is 262 g/mol. The Kier molecular flexibility index (Phi) is 4.24. The molecule has 0 saturated heterocycles. The normalized spacial score (nSPS) is 12.2. The van der Waals surface area contributed by atoms with E-state index < -0.39 is 0 Å². The van der Waals surface area contributed by atoms with E-state index in [-0.39, 0.29) is 6.04 Å². The lowest BCUT2D eigenvalue weighted by atomic mass is 10.1. The van der Waals surface area contributed by atoms with Crippen LogP contribution in [-0.2, 0) is 6.42 Å². The summed E-state index contributed by atoms with van der Waals surface area (Å²) in [6.07, 6.45) is 0.739. The van der Waals surface area contributed by atoms with Crippen LogP contribution in [0.3, 0.4) is 0 Å². The lowest BCUT2D eigenvalue weighted by Crippen LogP contribution is -2.18. The molecule has 2 aromatic rings. The summed E-state index contributed by atoms with van der Waals surface area (Å²) in [5.74, 6) is 1.47. The number of hydrogen-bond donors (Lipinski definition) is 1. The lowest BCUT2D eigenvalue weighted by Gasteiger charge is -2.14. The molecule has 0 heterocycles. The molecule has 0 aliphatic rings. The van der Waals surface area contributed by atoms with Gasteiger partial charge in [0.05, 0.1) is 5.02 Å². The van der Waals surface area contributed by atoms with Crippen molar-refractivity contribution >= 4 is 11.6 Å². The maximum atomic E-state index is 6.20. The second-order valence-electron chi connectivity index (χ2n) is 4.32. The molecule has 0 spiro atoms. The van der Waals surface area contributed by atoms with Crippen LogP contribution in [0, 0.1) is 0 Å². The number of nitrogens with two attached hydrogens (primary N) is 1. The standard InChI is InChI=1S/C15H16ClNO/c1-11(17)10-12-6-5-9-14(16)15(12)18-13-7-3-2-4-8-13/h2-9,11H,10,17H2,1H3. The molecular weight excluding hydrogens is 246 g/mol. The fourth-order valence-electron chi connectivity index (χ4n) is 1.78. The predicted octanol–water partition coefficient (Wildman–Crippen LogP) is 4.02. The fourth-order valence-corrected chi connectivity index (χ4v) is 2.01. The first kappa shape index (κ1) is 12.9. The number of rotatable bonds is 4. The first-order valence-corrected chi connectivity index (χ1v) is 6.30. The van der Waals surface area contributed by atoms with E-state index in [0.717, 1.165) is 17.7 Å². The Bertz CT molecular complexity index is 511. The quantitative estimate of drug-likeness (QED) is 0.902. The largest absolute Gasteiger partial charge is 0.456 e. The van der Waals surface area contributed by atoms with Gasteiger partial charge in [-0.2, -0.15) is 0 Å². The first-order chi connectivity index (χ1) is 8.66. The molecule has 0 aromatic heterocycles. The van der Waals surface area contributed by atoms with Gasteiger partial charge >= 0.3 is 0 Å². The number of ether oxygens (including phenoxy) is 1. The van der Waals surface area contributed by atoms with E-state index in [0.29, 0.717) is 10.8 Å². The predicted molar refractivity (Wildman–Crippen MR) is 75.3 cm³/mol. The molecule has 0 amide bonds. The minimum Gasteiger partial charge on any atom is -0.456 e. The average Bonchev–Trinajstić information content (AvgIpc) is 2.34. The highest BCUT2D eigenvalue weighted by atomic mass is 35.5. The molecule has 2 N–H and O–H groups in total. The molecule has 0 saturated carbocycles. The molecule has 0 aliphatic heterocycles. The van der Waals surface area contributed by atoms with Gasteiger partial charge in [0.15, 0.2) is 0 Å². The number of para-hydroxylation sites is 2. The second-order valence-corrected chi connectivity index (χ2v) is 4.73. The topological polar surface area (TPSA) is 35.2 Å². The van der Waals surface area contributed by atoms with Crippen molar-refractivity contribution in [2.45, 2.75) is 19.4 Å². The summed E-state index contributed by atoms with van der Waals surface area (Å²) in [5, 5.41) is 0.608. The Labute approximate surface area is 112 Å². The van der Waals surface area contributed by atoms with Gasteiger partial charge in [-0.15, -0.1) is 0 Å². The Balaban J connectivity index is 2.31. The van der Waals surface area contributed by atoms with Gasteiger partial charge in [-0.25, -0.2) is 0 Å². The van der Waals surface area contributed by atoms with Crippen LogP contribution in [-0.4, -0.2) is 6.04 Å². The summed E-state index contributed by atoms with van der Waals surface area (Å²) in [6.45, 7) is 1.97. The molecule has 2 rings (SSSR count). The molecule has 1 atom stereocenters. The van der Waals surface area contributed by atoms with Gasteiger partial charge in [0.25, 0.3) is 0 Å². The zero-order valence-corrected chi connectivity index (χ0v) is 11.0. The first-order valence-electron chi connectivity index (χ1n) is 5.92. The summed E-state index contributed by atoms with van der Waals surface area (Å²) in [6, 6.07) is 15.4. The van der Waals surface area contributed by atoms with E-state index in [1.165, 1.54) is 0 Å². The summed E-state index contributed by atoms with van der Waals surface area (Å²) in [5.41, 5.74) is 6.87. The van der Waals surface area contributed by atoms with Gasteiger partial charge in [-0.1, -0.05) is 41.9 Å². The van der Waals surface area contributed by atoms with Gasteiger partial charge in [0.2, 0.25) is 0 Å². The van der Waals surface area contributed by atoms with Crippen molar-refractivity contribution in [1.29, 1.82) is 0 Å². The van der Waals surface area contributed by atoms with E-state index in [2.05, 4.69) is 0 Å². The number of benzene rings is 2. The molecule has 0 radical (unpaired) electrons. The van der Waals surface area contributed by atoms with Gasteiger partial charge in [0.1, 0.15) is 11.5 Å². The molecule has 0 aliphatic carbocycles. The summed E-state index contributed by atoms with van der Waals surface area (Å²) < 4.78 is 5.85. The van der Waals surface area contributed by atoms with Crippen molar-refractivity contribution in [2.75, 3.05) is 0 Å². The molecule has 2 nitrogen and oxygen atoms in total. The van der Waals surface area contributed by atoms with E-state index in [9.17, 15) is 0 Å². The molecule has 1 unspecified atom stereocenters. The minimum absolute atomic E-state index is 0.0709. The zero-order chi connectivity index (χ0) is 13.0. The van der Waals surface area contributed by atoms with E-state index in [1.807, 2.05) is 55.5 Å². The SMILES string of the molecule is CC(N)Cc1cccc(Cl)c1Oc1ccccc1. The Hall–Kier alpha value is -1.51. The van der Waals surface area contributed by atoms with Gasteiger partial charge < -0.3 is 10.5 Å². The monoisotopic (exact) mass is 261 g/mol. The smallest absolute Gasteiger partial charge is 0.149 e. The Morgan fingerprint density at radius 3 is 2.50 bits per heavy atom. The highest BCUT2D eigenvalue weighted by Crippen LogP contribution is 2.33. The van der Waals surface area contributed by atoms with Gasteiger partial charge in [0, 0.05) is 6.04 Å². The van der Waals surface area contributed by atoms with Crippen LogP contribution in [0.25, 0.3) is 0 Å². The maximum absolute atomic E-state index is 6.20. The van der Waals surface area contributed by atoms with Crippen LogP contribution in [0.1, 0.15) is 12.5 Å². The van der Waals surface area contributed by atoms with E-state index >= 15 is 0 Å². The number of hydrogen-bond acceptors (Lipinski definition) is 2. The Morgan fingerprint density at radius 2 is 1.83 bits per heavy atom. The van der Waals surface area contributed by atoms with Crippen molar-refractivity contribution < 1.29 is 4.74 Å². The molecule has 2 aromatic carbocycles. The van der Waals surface area contributed by atoms with Crippen molar-refractivity contribution in [1.82, 2.24) is 0 Å². The van der Waals surface area contributed by atoms with E-state index in [1.54, 1.807) is 0 Å². The van der Waals surface area contributed by atoms with Crippen molar-refractivity contribution in [3.63, 3.8) is 0 Å². The summed E-state index contributed by atoms with van der Waals surface area (Å²) in [7, 11) is 0. The Morgan fingerprint density at radius 1 is 1.11 bits per heavy atom. The summed E-state index contributed by atoms with van der Waals surface area (Å²) >= 11 is 6.20. The second kappa shape index (κ2) is 5.89. The van der Waals surface area contributed by atoms with Crippen LogP contribution in [0.5, 0.6) is 11.5 Å². The third-order valence-corrected chi connectivity index (χ3v) is 2.85. The van der Waals surface area contributed by atoms with Crippen molar-refractivity contribution in [3.05, 3.63) is 59.1 Å². The zero-order valence-electron chi connectivity index (χ0n) is 10.3. The molecule has 3 heteroatoms. The number of halogens is 1. The van der Waals surface area contributed by atoms with Gasteiger partial charge in [-0.05, 0) is 37.1 Å². The maximum Gasteiger partial charge on any atom is 0.149 e. The van der Waals surface area contributed by atoms with E-state index in [4.69, 9.17) is 22.1 Å². The third-order valence-electron chi connectivity index (χ3n) is 2.55. The lowest BCUT2D eigenvalue weighted by molar-refractivity contribution is 0.474. The van der Waals surface area contributed by atoms with Crippen LogP contribution in [0.4, 0.5) is 0 Å². The molecule has 0 bridgehead atoms. The molecular formula is C15H16ClNO. The van der Waals surface area contributed by atoms with Crippen molar-refractivity contribution in [2.24, 2.45) is 5.73 Å². The van der Waals surface area contributed by atoms with Gasteiger partial charge in [-0.3, -0.25) is 0 Å². The van der Waals surface area contributed by atoms with Crippen LogP contribution in [0.2, 0.25) is 5.02 Å². The minimum atomic E-state index is 0.0709. The molecule has 94 valence electrons. The molecule has 0 fully saturated rings. The summed E-state index contributed by atoms with van der Waals surface area (Å²) in [4.78, 5) is 0. The highest BCUT2D eigenvalue weighted by Gasteiger charge is 2.10. The van der Waals surface area contributed by atoms with Crippen LogP contribution >= 0.6 is 11.6 Å². The third kappa shape index (κ3) is 3.25. The molecule has 18 heavy (non-hydrogen) atoms.